The summed E-state index contributed by atoms with van der Waals surface area (Å²) in [6, 6.07) is 7.91. The van der Waals surface area contributed by atoms with Crippen LogP contribution in [0.5, 0.6) is 0 Å². The lowest BCUT2D eigenvalue weighted by atomic mass is 9.84. The van der Waals surface area contributed by atoms with E-state index in [4.69, 9.17) is 4.74 Å². The Labute approximate surface area is 229 Å². The van der Waals surface area contributed by atoms with Crippen molar-refractivity contribution in [3.05, 3.63) is 35.9 Å². The standard InChI is InChI=1S/C25H36N2O5.C6H14/c1-4-32-25(31)21(15-14-18-10-6-5-7-11-18)26(3)17(2)23(28)27-20-13-9-8-12-19(20)16-22(27)24(29)30;1-3-5-6-4-2/h5-7,10-11,17,19-22H,4,8-9,12-16H2,1-3H3,(H,29,30);3-6H2,1-2H3. The Morgan fingerprint density at radius 3 is 2.26 bits per heavy atom. The van der Waals surface area contributed by atoms with E-state index in [-0.39, 0.29) is 30.4 Å². The van der Waals surface area contributed by atoms with Gasteiger partial charge in [0.2, 0.25) is 5.91 Å². The van der Waals surface area contributed by atoms with Crippen molar-refractivity contribution in [3.8, 4) is 0 Å². The smallest absolute Gasteiger partial charge is 0.326 e. The fourth-order valence-corrected chi connectivity index (χ4v) is 5.83. The monoisotopic (exact) mass is 530 g/mol. The van der Waals surface area contributed by atoms with Crippen molar-refractivity contribution in [2.75, 3.05) is 13.7 Å². The van der Waals surface area contributed by atoms with Crippen LogP contribution in [0.4, 0.5) is 0 Å². The fourth-order valence-electron chi connectivity index (χ4n) is 5.83. The molecule has 1 aromatic carbocycles. The molecule has 1 saturated heterocycles. The van der Waals surface area contributed by atoms with Gasteiger partial charge in [0.05, 0.1) is 12.6 Å². The molecule has 5 unspecified atom stereocenters. The topological polar surface area (TPSA) is 87.2 Å². The van der Waals surface area contributed by atoms with Crippen molar-refractivity contribution >= 4 is 17.8 Å². The highest BCUT2D eigenvalue weighted by atomic mass is 16.5. The van der Waals surface area contributed by atoms with Gasteiger partial charge in [0.1, 0.15) is 12.1 Å². The molecule has 7 nitrogen and oxygen atoms in total. The molecule has 2 fully saturated rings. The van der Waals surface area contributed by atoms with Crippen molar-refractivity contribution in [1.29, 1.82) is 0 Å². The minimum Gasteiger partial charge on any atom is -0.480 e. The zero-order valence-electron chi connectivity index (χ0n) is 24.2. The highest BCUT2D eigenvalue weighted by Gasteiger charge is 2.49. The molecule has 1 amide bonds. The van der Waals surface area contributed by atoms with Gasteiger partial charge in [-0.15, -0.1) is 0 Å². The first kappa shape index (κ1) is 31.8. The van der Waals surface area contributed by atoms with Crippen LogP contribution >= 0.6 is 0 Å². The molecule has 7 heteroatoms. The summed E-state index contributed by atoms with van der Waals surface area (Å²) in [5.74, 6) is -1.24. The molecule has 3 rings (SSSR count). The molecule has 5 atom stereocenters. The first-order valence-corrected chi connectivity index (χ1v) is 14.7. The number of hydrogen-bond donors (Lipinski definition) is 1. The van der Waals surface area contributed by atoms with Crippen LogP contribution in [-0.4, -0.2) is 70.6 Å². The summed E-state index contributed by atoms with van der Waals surface area (Å²) in [5, 5.41) is 9.80. The summed E-state index contributed by atoms with van der Waals surface area (Å²) in [7, 11) is 1.76. The van der Waals surface area contributed by atoms with Crippen molar-refractivity contribution in [2.24, 2.45) is 5.92 Å². The van der Waals surface area contributed by atoms with Gasteiger partial charge < -0.3 is 14.7 Å². The van der Waals surface area contributed by atoms with E-state index < -0.39 is 24.1 Å². The summed E-state index contributed by atoms with van der Waals surface area (Å²) in [5.41, 5.74) is 1.12. The second-order valence-corrected chi connectivity index (χ2v) is 10.8. The van der Waals surface area contributed by atoms with Gasteiger partial charge in [-0.05, 0) is 64.5 Å². The van der Waals surface area contributed by atoms with Crippen LogP contribution in [0, 0.1) is 5.92 Å². The van der Waals surface area contributed by atoms with Gasteiger partial charge in [0.15, 0.2) is 0 Å². The number of likely N-dealkylation sites (N-methyl/N-ethyl adjacent to an activating group) is 1. The van der Waals surface area contributed by atoms with E-state index in [0.29, 0.717) is 19.3 Å². The molecule has 1 aromatic rings. The number of rotatable bonds is 12. The number of carboxylic acids is 1. The van der Waals surface area contributed by atoms with Crippen LogP contribution in [0.3, 0.4) is 0 Å². The van der Waals surface area contributed by atoms with Gasteiger partial charge in [0.25, 0.3) is 0 Å². The third kappa shape index (κ3) is 8.82. The molecular formula is C31H50N2O5. The molecule has 1 aliphatic heterocycles. The van der Waals surface area contributed by atoms with Crippen molar-refractivity contribution in [3.63, 3.8) is 0 Å². The van der Waals surface area contributed by atoms with Gasteiger partial charge in [-0.3, -0.25) is 14.5 Å². The molecule has 0 spiro atoms. The number of hydrogen-bond acceptors (Lipinski definition) is 5. The average molecular weight is 531 g/mol. The molecule has 214 valence electrons. The molecule has 38 heavy (non-hydrogen) atoms. The van der Waals surface area contributed by atoms with Gasteiger partial charge in [-0.2, -0.15) is 0 Å². The van der Waals surface area contributed by atoms with Crippen LogP contribution in [0.25, 0.3) is 0 Å². The Balaban J connectivity index is 0.000000757. The summed E-state index contributed by atoms with van der Waals surface area (Å²) in [6.07, 6.45) is 11.2. The molecular weight excluding hydrogens is 480 g/mol. The number of carbonyl (C=O) groups is 3. The number of carboxylic acid groups (broad SMARTS) is 1. The third-order valence-electron chi connectivity index (χ3n) is 8.15. The SMILES string of the molecule is CCCCCC.CCOC(=O)C(CCc1ccccc1)N(C)C(C)C(=O)N1C(C(=O)O)CC2CCCCC21. The number of esters is 1. The van der Waals surface area contributed by atoms with Crippen LogP contribution in [0.15, 0.2) is 30.3 Å². The molecule has 1 heterocycles. The third-order valence-corrected chi connectivity index (χ3v) is 8.15. The minimum absolute atomic E-state index is 0.0152. The number of benzene rings is 1. The Morgan fingerprint density at radius 1 is 1.05 bits per heavy atom. The zero-order valence-corrected chi connectivity index (χ0v) is 24.2. The molecule has 1 aliphatic carbocycles. The number of aryl methyl sites for hydroxylation is 1. The van der Waals surface area contributed by atoms with E-state index in [1.165, 1.54) is 25.7 Å². The molecule has 2 aliphatic rings. The second-order valence-electron chi connectivity index (χ2n) is 10.8. The largest absolute Gasteiger partial charge is 0.480 e. The lowest BCUT2D eigenvalue weighted by Crippen LogP contribution is -2.56. The van der Waals surface area contributed by atoms with E-state index in [1.54, 1.807) is 30.7 Å². The number of unbranched alkanes of at least 4 members (excludes halogenated alkanes) is 3. The maximum absolute atomic E-state index is 13.6. The van der Waals surface area contributed by atoms with Crippen molar-refractivity contribution in [1.82, 2.24) is 9.80 Å². The van der Waals surface area contributed by atoms with E-state index in [9.17, 15) is 19.5 Å². The maximum Gasteiger partial charge on any atom is 0.326 e. The Bertz CT molecular complexity index is 857. The summed E-state index contributed by atoms with van der Waals surface area (Å²) >= 11 is 0. The Kier molecular flexibility index (Phi) is 13.8. The summed E-state index contributed by atoms with van der Waals surface area (Å²) < 4.78 is 5.31. The van der Waals surface area contributed by atoms with Crippen LogP contribution in [-0.2, 0) is 25.5 Å². The average Bonchev–Trinajstić information content (AvgIpc) is 3.32. The van der Waals surface area contributed by atoms with E-state index in [1.807, 2.05) is 30.3 Å². The van der Waals surface area contributed by atoms with Gasteiger partial charge in [-0.1, -0.05) is 82.7 Å². The number of carbonyl (C=O) groups excluding carboxylic acids is 2. The molecule has 1 saturated carbocycles. The van der Waals surface area contributed by atoms with Crippen molar-refractivity contribution in [2.45, 2.75) is 122 Å². The molecule has 1 N–H and O–H groups in total. The van der Waals surface area contributed by atoms with Crippen LogP contribution in [0.1, 0.15) is 97.5 Å². The van der Waals surface area contributed by atoms with Crippen LogP contribution < -0.4 is 0 Å². The van der Waals surface area contributed by atoms with E-state index in [2.05, 4.69) is 13.8 Å². The van der Waals surface area contributed by atoms with Gasteiger partial charge >= 0.3 is 11.9 Å². The predicted molar refractivity (Wildman–Crippen MR) is 151 cm³/mol. The van der Waals surface area contributed by atoms with Crippen LogP contribution in [0.2, 0.25) is 0 Å². The molecule has 0 aromatic heterocycles. The number of ether oxygens (including phenoxy) is 1. The molecule has 0 radical (unpaired) electrons. The number of amides is 1. The normalized spacial score (nSPS) is 22.2. The summed E-state index contributed by atoms with van der Waals surface area (Å²) in [4.78, 5) is 41.7. The number of fused-ring (bicyclic) bond motifs is 1. The predicted octanol–water partition coefficient (Wildman–Crippen LogP) is 5.70. The van der Waals surface area contributed by atoms with E-state index in [0.717, 1.165) is 31.2 Å². The zero-order chi connectivity index (χ0) is 28.1. The highest BCUT2D eigenvalue weighted by Crippen LogP contribution is 2.40. The maximum atomic E-state index is 13.6. The number of likely N-dealkylation sites (tertiary alicyclic amines) is 1. The van der Waals surface area contributed by atoms with Gasteiger partial charge in [-0.25, -0.2) is 4.79 Å². The first-order valence-electron chi connectivity index (χ1n) is 14.7. The second kappa shape index (κ2) is 16.5. The number of aliphatic carboxylic acids is 1. The summed E-state index contributed by atoms with van der Waals surface area (Å²) in [6.45, 7) is 8.27. The minimum atomic E-state index is -0.936. The lowest BCUT2D eigenvalue weighted by Gasteiger charge is -2.38. The fraction of sp³-hybridized carbons (Fsp3) is 0.710. The Morgan fingerprint density at radius 2 is 1.68 bits per heavy atom. The lowest BCUT2D eigenvalue weighted by molar-refractivity contribution is -0.156. The first-order chi connectivity index (χ1) is 18.3. The highest BCUT2D eigenvalue weighted by molar-refractivity contribution is 5.88. The van der Waals surface area contributed by atoms with E-state index >= 15 is 0 Å². The number of nitrogens with zero attached hydrogens (tertiary/aromatic N) is 2. The Hall–Kier alpha value is -2.41. The van der Waals surface area contributed by atoms with Crippen molar-refractivity contribution < 1.29 is 24.2 Å². The molecule has 0 bridgehead atoms. The quantitative estimate of drug-likeness (QED) is 0.275. The van der Waals surface area contributed by atoms with Gasteiger partial charge in [0, 0.05) is 6.04 Å².